The number of benzene rings is 1. The Balaban J connectivity index is 1.39. The molecule has 0 saturated heterocycles. The van der Waals surface area contributed by atoms with E-state index in [4.69, 9.17) is 0 Å². The Morgan fingerprint density at radius 3 is 1.82 bits per heavy atom. The van der Waals surface area contributed by atoms with Gasteiger partial charge in [0.15, 0.2) is 0 Å². The fourth-order valence-electron chi connectivity index (χ4n) is 4.62. The molecule has 2 saturated carbocycles. The van der Waals surface area contributed by atoms with E-state index >= 15 is 0 Å². The molecule has 1 aromatic carbocycles. The van der Waals surface area contributed by atoms with Crippen LogP contribution in [0.3, 0.4) is 0 Å². The van der Waals surface area contributed by atoms with Crippen molar-refractivity contribution in [2.75, 3.05) is 0 Å². The zero-order chi connectivity index (χ0) is 15.4. The molecular weight excluding hydrogens is 268 g/mol. The molecule has 22 heavy (non-hydrogen) atoms. The summed E-state index contributed by atoms with van der Waals surface area (Å²) in [6.45, 7) is 2.42. The first kappa shape index (κ1) is 15.9. The summed E-state index contributed by atoms with van der Waals surface area (Å²) >= 11 is 0. The third kappa shape index (κ3) is 4.27. The third-order valence-corrected chi connectivity index (χ3v) is 6.33. The first-order valence-corrected chi connectivity index (χ1v) is 9.49. The minimum Gasteiger partial charge on any atom is -0.508 e. The standard InChI is InChI=1S/C21H32O/c1-16-2-4-17(5-3-16)6-7-18-8-10-19(11-9-18)20-12-14-21(22)15-13-20/h12-19,22H,2-11H2,1H3. The molecule has 0 amide bonds. The van der Waals surface area contributed by atoms with E-state index in [9.17, 15) is 5.11 Å². The monoisotopic (exact) mass is 300 g/mol. The maximum absolute atomic E-state index is 9.41. The lowest BCUT2D eigenvalue weighted by atomic mass is 9.74. The summed E-state index contributed by atoms with van der Waals surface area (Å²) in [6, 6.07) is 7.91. The molecule has 122 valence electrons. The van der Waals surface area contributed by atoms with Crippen LogP contribution in [-0.2, 0) is 0 Å². The average Bonchev–Trinajstić information content (AvgIpc) is 2.56. The van der Waals surface area contributed by atoms with Crippen LogP contribution < -0.4 is 0 Å². The Hall–Kier alpha value is -0.980. The van der Waals surface area contributed by atoms with Crippen LogP contribution in [0.1, 0.15) is 82.6 Å². The predicted molar refractivity (Wildman–Crippen MR) is 93.2 cm³/mol. The molecule has 1 aromatic rings. The molecule has 0 radical (unpaired) electrons. The quantitative estimate of drug-likeness (QED) is 0.694. The van der Waals surface area contributed by atoms with Crippen LogP contribution in [0.25, 0.3) is 0 Å². The molecule has 1 heteroatoms. The topological polar surface area (TPSA) is 20.2 Å². The van der Waals surface area contributed by atoms with Crippen molar-refractivity contribution in [1.29, 1.82) is 0 Å². The molecule has 2 aliphatic carbocycles. The molecule has 0 aliphatic heterocycles. The van der Waals surface area contributed by atoms with Crippen molar-refractivity contribution in [3.8, 4) is 5.75 Å². The van der Waals surface area contributed by atoms with Gasteiger partial charge in [0.25, 0.3) is 0 Å². The van der Waals surface area contributed by atoms with Gasteiger partial charge < -0.3 is 5.11 Å². The number of rotatable bonds is 4. The van der Waals surface area contributed by atoms with Gasteiger partial charge in [-0.05, 0) is 67.1 Å². The SMILES string of the molecule is CC1CCC(CCC2CCC(c3ccc(O)cc3)CC2)CC1. The van der Waals surface area contributed by atoms with Gasteiger partial charge in [0.05, 0.1) is 0 Å². The molecule has 0 spiro atoms. The Morgan fingerprint density at radius 2 is 1.27 bits per heavy atom. The number of hydrogen-bond acceptors (Lipinski definition) is 1. The van der Waals surface area contributed by atoms with Gasteiger partial charge >= 0.3 is 0 Å². The zero-order valence-corrected chi connectivity index (χ0v) is 14.1. The molecule has 3 rings (SSSR count). The first-order valence-electron chi connectivity index (χ1n) is 9.49. The fourth-order valence-corrected chi connectivity index (χ4v) is 4.62. The van der Waals surface area contributed by atoms with Crippen molar-refractivity contribution in [2.24, 2.45) is 17.8 Å². The summed E-state index contributed by atoms with van der Waals surface area (Å²) in [4.78, 5) is 0. The molecule has 1 N–H and O–H groups in total. The second kappa shape index (κ2) is 7.53. The highest BCUT2D eigenvalue weighted by Crippen LogP contribution is 2.39. The summed E-state index contributed by atoms with van der Waals surface area (Å²) in [5.41, 5.74) is 1.43. The van der Waals surface area contributed by atoms with Crippen LogP contribution in [0.4, 0.5) is 0 Å². The highest BCUT2D eigenvalue weighted by molar-refractivity contribution is 5.28. The molecule has 0 bridgehead atoms. The van der Waals surface area contributed by atoms with E-state index in [2.05, 4.69) is 19.1 Å². The molecular formula is C21H32O. The minimum absolute atomic E-state index is 0.388. The average molecular weight is 300 g/mol. The van der Waals surface area contributed by atoms with E-state index < -0.39 is 0 Å². The smallest absolute Gasteiger partial charge is 0.115 e. The van der Waals surface area contributed by atoms with Crippen molar-refractivity contribution in [3.63, 3.8) is 0 Å². The highest BCUT2D eigenvalue weighted by Gasteiger charge is 2.24. The van der Waals surface area contributed by atoms with Crippen LogP contribution >= 0.6 is 0 Å². The maximum Gasteiger partial charge on any atom is 0.115 e. The Kier molecular flexibility index (Phi) is 5.44. The Bertz CT molecular complexity index is 433. The first-order chi connectivity index (χ1) is 10.7. The van der Waals surface area contributed by atoms with Crippen LogP contribution in [0.5, 0.6) is 5.75 Å². The Morgan fingerprint density at radius 1 is 0.773 bits per heavy atom. The van der Waals surface area contributed by atoms with E-state index in [-0.39, 0.29) is 0 Å². The van der Waals surface area contributed by atoms with Gasteiger partial charge in [0.2, 0.25) is 0 Å². The summed E-state index contributed by atoms with van der Waals surface area (Å²) < 4.78 is 0. The van der Waals surface area contributed by atoms with Gasteiger partial charge in [0, 0.05) is 0 Å². The Labute approximate surface area is 136 Å². The number of hydrogen-bond donors (Lipinski definition) is 1. The molecule has 1 nitrogen and oxygen atoms in total. The van der Waals surface area contributed by atoms with Gasteiger partial charge in [-0.1, -0.05) is 57.6 Å². The van der Waals surface area contributed by atoms with Gasteiger partial charge in [-0.15, -0.1) is 0 Å². The van der Waals surface area contributed by atoms with E-state index in [1.807, 2.05) is 12.1 Å². The minimum atomic E-state index is 0.388. The lowest BCUT2D eigenvalue weighted by Crippen LogP contribution is -2.16. The number of aromatic hydroxyl groups is 1. The lowest BCUT2D eigenvalue weighted by Gasteiger charge is -2.31. The summed E-state index contributed by atoms with van der Waals surface area (Å²) in [7, 11) is 0. The zero-order valence-electron chi connectivity index (χ0n) is 14.1. The summed E-state index contributed by atoms with van der Waals surface area (Å²) in [6.07, 6.45) is 14.4. The normalized spacial score (nSPS) is 32.8. The molecule has 0 atom stereocenters. The molecule has 0 heterocycles. The van der Waals surface area contributed by atoms with E-state index in [0.717, 1.165) is 23.7 Å². The van der Waals surface area contributed by atoms with Crippen molar-refractivity contribution in [1.82, 2.24) is 0 Å². The van der Waals surface area contributed by atoms with Crippen molar-refractivity contribution in [3.05, 3.63) is 29.8 Å². The number of phenols is 1. The molecule has 0 unspecified atom stereocenters. The predicted octanol–water partition coefficient (Wildman–Crippen LogP) is 6.27. The van der Waals surface area contributed by atoms with Crippen LogP contribution in [0.2, 0.25) is 0 Å². The van der Waals surface area contributed by atoms with Crippen molar-refractivity contribution < 1.29 is 5.11 Å². The maximum atomic E-state index is 9.41. The van der Waals surface area contributed by atoms with Crippen LogP contribution in [0, 0.1) is 17.8 Å². The largest absolute Gasteiger partial charge is 0.508 e. The molecule has 2 fully saturated rings. The van der Waals surface area contributed by atoms with Crippen molar-refractivity contribution in [2.45, 2.75) is 77.0 Å². The van der Waals surface area contributed by atoms with Crippen LogP contribution in [0.15, 0.2) is 24.3 Å². The fraction of sp³-hybridized carbons (Fsp3) is 0.714. The number of phenolic OH excluding ortho intramolecular Hbond substituents is 1. The van der Waals surface area contributed by atoms with Crippen LogP contribution in [-0.4, -0.2) is 5.11 Å². The molecule has 2 aliphatic rings. The lowest BCUT2D eigenvalue weighted by molar-refractivity contribution is 0.237. The van der Waals surface area contributed by atoms with Gasteiger partial charge in [-0.3, -0.25) is 0 Å². The summed E-state index contributed by atoms with van der Waals surface area (Å²) in [5.74, 6) is 4.11. The second-order valence-electron chi connectivity index (χ2n) is 8.01. The third-order valence-electron chi connectivity index (χ3n) is 6.33. The van der Waals surface area contributed by atoms with Crippen molar-refractivity contribution >= 4 is 0 Å². The second-order valence-corrected chi connectivity index (χ2v) is 8.01. The summed E-state index contributed by atoms with van der Waals surface area (Å²) in [5, 5.41) is 9.41. The highest BCUT2D eigenvalue weighted by atomic mass is 16.3. The van der Waals surface area contributed by atoms with Gasteiger partial charge in [-0.2, -0.15) is 0 Å². The van der Waals surface area contributed by atoms with Gasteiger partial charge in [0.1, 0.15) is 5.75 Å². The van der Waals surface area contributed by atoms with Gasteiger partial charge in [-0.25, -0.2) is 0 Å². The van der Waals surface area contributed by atoms with E-state index in [1.165, 1.54) is 69.8 Å². The molecule has 0 aromatic heterocycles. The van der Waals surface area contributed by atoms with E-state index in [0.29, 0.717) is 5.75 Å². The van der Waals surface area contributed by atoms with E-state index in [1.54, 1.807) is 0 Å².